The Morgan fingerprint density at radius 3 is 2.40 bits per heavy atom. The second-order valence-electron chi connectivity index (χ2n) is 6.18. The van der Waals surface area contributed by atoms with E-state index in [1.54, 1.807) is 0 Å². The standard InChI is InChI=1S/C13H24O2/c1-12(2)6-3-7-13(14,10-12)11-4-8-15-9-5-11/h11,14H,3-10H2,1-2H3. The first-order valence-corrected chi connectivity index (χ1v) is 6.32. The highest BCUT2D eigenvalue weighted by atomic mass is 16.5. The molecule has 1 saturated heterocycles. The van der Waals surface area contributed by atoms with Crippen LogP contribution in [0.4, 0.5) is 0 Å². The summed E-state index contributed by atoms with van der Waals surface area (Å²) in [5, 5.41) is 10.8. The fourth-order valence-corrected chi connectivity index (χ4v) is 3.46. The molecule has 0 amide bonds. The van der Waals surface area contributed by atoms with Crippen molar-refractivity contribution in [2.45, 2.75) is 58.0 Å². The predicted octanol–water partition coefficient (Wildman–Crippen LogP) is 2.74. The minimum absolute atomic E-state index is 0.325. The molecule has 2 fully saturated rings. The SMILES string of the molecule is CC1(C)CCCC(O)(C2CCOCC2)C1. The summed E-state index contributed by atoms with van der Waals surface area (Å²) in [4.78, 5) is 0. The topological polar surface area (TPSA) is 29.5 Å². The van der Waals surface area contributed by atoms with Crippen LogP contribution in [0, 0.1) is 11.3 Å². The molecular formula is C13H24O2. The van der Waals surface area contributed by atoms with Crippen molar-refractivity contribution in [2.24, 2.45) is 11.3 Å². The van der Waals surface area contributed by atoms with Gasteiger partial charge < -0.3 is 9.84 Å². The molecule has 1 saturated carbocycles. The van der Waals surface area contributed by atoms with Crippen LogP contribution in [-0.2, 0) is 4.74 Å². The van der Waals surface area contributed by atoms with Crippen molar-refractivity contribution in [3.05, 3.63) is 0 Å². The van der Waals surface area contributed by atoms with Gasteiger partial charge in [-0.3, -0.25) is 0 Å². The van der Waals surface area contributed by atoms with Crippen molar-refractivity contribution in [1.82, 2.24) is 0 Å². The van der Waals surface area contributed by atoms with Crippen molar-refractivity contribution in [2.75, 3.05) is 13.2 Å². The maximum atomic E-state index is 10.8. The quantitative estimate of drug-likeness (QED) is 0.724. The number of aliphatic hydroxyl groups is 1. The first-order valence-electron chi connectivity index (χ1n) is 6.32. The van der Waals surface area contributed by atoms with Gasteiger partial charge in [0, 0.05) is 13.2 Å². The number of rotatable bonds is 1. The summed E-state index contributed by atoms with van der Waals surface area (Å²) < 4.78 is 5.38. The summed E-state index contributed by atoms with van der Waals surface area (Å²) >= 11 is 0. The van der Waals surface area contributed by atoms with E-state index in [9.17, 15) is 5.11 Å². The van der Waals surface area contributed by atoms with Gasteiger partial charge in [0.1, 0.15) is 0 Å². The Bertz CT molecular complexity index is 219. The minimum Gasteiger partial charge on any atom is -0.390 e. The molecule has 1 aliphatic carbocycles. The molecule has 15 heavy (non-hydrogen) atoms. The molecule has 0 spiro atoms. The largest absolute Gasteiger partial charge is 0.390 e. The molecule has 2 heteroatoms. The third-order valence-electron chi connectivity index (χ3n) is 4.23. The Hall–Kier alpha value is -0.0800. The third kappa shape index (κ3) is 2.54. The van der Waals surface area contributed by atoms with Gasteiger partial charge in [-0.25, -0.2) is 0 Å². The van der Waals surface area contributed by atoms with E-state index in [2.05, 4.69) is 13.8 Å². The van der Waals surface area contributed by atoms with Crippen LogP contribution in [0.2, 0.25) is 0 Å². The van der Waals surface area contributed by atoms with Crippen molar-refractivity contribution >= 4 is 0 Å². The molecule has 1 heterocycles. The highest BCUT2D eigenvalue weighted by molar-refractivity contribution is 4.95. The van der Waals surface area contributed by atoms with Gasteiger partial charge >= 0.3 is 0 Å². The smallest absolute Gasteiger partial charge is 0.0682 e. The van der Waals surface area contributed by atoms with Crippen LogP contribution >= 0.6 is 0 Å². The third-order valence-corrected chi connectivity index (χ3v) is 4.23. The molecule has 88 valence electrons. The van der Waals surface area contributed by atoms with Crippen LogP contribution in [0.15, 0.2) is 0 Å². The summed E-state index contributed by atoms with van der Waals surface area (Å²) in [6, 6.07) is 0. The first kappa shape index (κ1) is 11.4. The Labute approximate surface area is 93.0 Å². The second-order valence-corrected chi connectivity index (χ2v) is 6.18. The lowest BCUT2D eigenvalue weighted by atomic mass is 9.64. The lowest BCUT2D eigenvalue weighted by molar-refractivity contribution is -0.111. The van der Waals surface area contributed by atoms with Crippen molar-refractivity contribution in [1.29, 1.82) is 0 Å². The summed E-state index contributed by atoms with van der Waals surface area (Å²) in [6.45, 7) is 6.26. The average Bonchev–Trinajstić information content (AvgIpc) is 2.17. The fourth-order valence-electron chi connectivity index (χ4n) is 3.46. The van der Waals surface area contributed by atoms with Crippen LogP contribution in [0.1, 0.15) is 52.4 Å². The van der Waals surface area contributed by atoms with Gasteiger partial charge in [0.25, 0.3) is 0 Å². The number of ether oxygens (including phenoxy) is 1. The Balaban J connectivity index is 2.04. The van der Waals surface area contributed by atoms with Crippen LogP contribution < -0.4 is 0 Å². The molecule has 0 aromatic heterocycles. The lowest BCUT2D eigenvalue weighted by Gasteiger charge is -2.47. The van der Waals surface area contributed by atoms with Gasteiger partial charge in [-0.1, -0.05) is 20.3 Å². The fraction of sp³-hybridized carbons (Fsp3) is 1.00. The number of hydrogen-bond donors (Lipinski definition) is 1. The minimum atomic E-state index is -0.397. The molecule has 0 radical (unpaired) electrons. The molecule has 1 atom stereocenters. The lowest BCUT2D eigenvalue weighted by Crippen LogP contribution is -2.46. The Morgan fingerprint density at radius 1 is 1.13 bits per heavy atom. The first-order chi connectivity index (χ1) is 7.02. The zero-order valence-corrected chi connectivity index (χ0v) is 10.1. The molecule has 2 rings (SSSR count). The molecule has 1 N–H and O–H groups in total. The van der Waals surface area contributed by atoms with Crippen LogP contribution in [-0.4, -0.2) is 23.9 Å². The predicted molar refractivity (Wildman–Crippen MR) is 60.7 cm³/mol. The zero-order valence-electron chi connectivity index (χ0n) is 10.1. The maximum absolute atomic E-state index is 10.8. The number of hydrogen-bond acceptors (Lipinski definition) is 2. The van der Waals surface area contributed by atoms with Gasteiger partial charge in [0.15, 0.2) is 0 Å². The van der Waals surface area contributed by atoms with Gasteiger partial charge in [0.05, 0.1) is 5.60 Å². The van der Waals surface area contributed by atoms with Gasteiger partial charge in [-0.05, 0) is 43.4 Å². The van der Waals surface area contributed by atoms with Gasteiger partial charge in [-0.2, -0.15) is 0 Å². The summed E-state index contributed by atoms with van der Waals surface area (Å²) in [5.41, 5.74) is -0.0726. The normalized spacial score (nSPS) is 37.8. The summed E-state index contributed by atoms with van der Waals surface area (Å²) in [5.74, 6) is 0.478. The van der Waals surface area contributed by atoms with E-state index in [0.29, 0.717) is 11.3 Å². The molecule has 0 aromatic carbocycles. The summed E-state index contributed by atoms with van der Waals surface area (Å²) in [6.07, 6.45) is 6.52. The van der Waals surface area contributed by atoms with Crippen molar-refractivity contribution in [3.63, 3.8) is 0 Å². The Morgan fingerprint density at radius 2 is 1.80 bits per heavy atom. The molecule has 2 nitrogen and oxygen atoms in total. The molecule has 2 aliphatic rings. The van der Waals surface area contributed by atoms with Crippen LogP contribution in [0.25, 0.3) is 0 Å². The highest BCUT2D eigenvalue weighted by Gasteiger charge is 2.44. The molecule has 1 aliphatic heterocycles. The van der Waals surface area contributed by atoms with Crippen molar-refractivity contribution in [3.8, 4) is 0 Å². The van der Waals surface area contributed by atoms with Crippen LogP contribution in [0.3, 0.4) is 0 Å². The van der Waals surface area contributed by atoms with E-state index in [1.165, 1.54) is 12.8 Å². The van der Waals surface area contributed by atoms with Crippen LogP contribution in [0.5, 0.6) is 0 Å². The van der Waals surface area contributed by atoms with Gasteiger partial charge in [0.2, 0.25) is 0 Å². The second kappa shape index (κ2) is 4.06. The van der Waals surface area contributed by atoms with E-state index in [1.807, 2.05) is 0 Å². The van der Waals surface area contributed by atoms with Crippen molar-refractivity contribution < 1.29 is 9.84 Å². The molecule has 1 unspecified atom stereocenters. The van der Waals surface area contributed by atoms with E-state index >= 15 is 0 Å². The van der Waals surface area contributed by atoms with E-state index in [-0.39, 0.29) is 0 Å². The van der Waals surface area contributed by atoms with Gasteiger partial charge in [-0.15, -0.1) is 0 Å². The molecule has 0 bridgehead atoms. The summed E-state index contributed by atoms with van der Waals surface area (Å²) in [7, 11) is 0. The van der Waals surface area contributed by atoms with E-state index < -0.39 is 5.60 Å². The van der Waals surface area contributed by atoms with E-state index in [0.717, 1.165) is 38.9 Å². The molecule has 0 aromatic rings. The zero-order chi connectivity index (χ0) is 10.9. The average molecular weight is 212 g/mol. The monoisotopic (exact) mass is 212 g/mol. The molecular weight excluding hydrogens is 188 g/mol. The highest BCUT2D eigenvalue weighted by Crippen LogP contribution is 2.46. The van der Waals surface area contributed by atoms with E-state index in [4.69, 9.17) is 4.74 Å². The maximum Gasteiger partial charge on any atom is 0.0682 e. The Kier molecular flexibility index (Phi) is 3.09.